The summed E-state index contributed by atoms with van der Waals surface area (Å²) >= 11 is 0. The number of alkyl halides is 3. The fourth-order valence-electron chi connectivity index (χ4n) is 1.93. The van der Waals surface area contributed by atoms with Crippen molar-refractivity contribution in [3.63, 3.8) is 0 Å². The second-order valence-electron chi connectivity index (χ2n) is 4.86. The number of anilines is 1. The normalized spacial score (nSPS) is 11.2. The zero-order valence-corrected chi connectivity index (χ0v) is 13.5. The van der Waals surface area contributed by atoms with Crippen LogP contribution in [0.4, 0.5) is 19.1 Å². The van der Waals surface area contributed by atoms with E-state index < -0.39 is 11.7 Å². The average molecular weight is 351 g/mol. The van der Waals surface area contributed by atoms with Crippen LogP contribution in [0, 0.1) is 0 Å². The van der Waals surface area contributed by atoms with Crippen LogP contribution in [0.3, 0.4) is 0 Å². The molecule has 0 aliphatic heterocycles. The standard InChI is InChI=1S/C13H17F3N6.ClH/c1-17-7-8-21(2)12-18-19-20-22(12)9-10-3-5-11(6-4-10)13(14,15)16;/h3-6,17H,7-9H2,1-2H3;1H. The summed E-state index contributed by atoms with van der Waals surface area (Å²) < 4.78 is 39.2. The summed E-state index contributed by atoms with van der Waals surface area (Å²) in [6, 6.07) is 4.98. The highest BCUT2D eigenvalue weighted by Gasteiger charge is 2.29. The Hall–Kier alpha value is -1.87. The zero-order valence-electron chi connectivity index (χ0n) is 12.7. The molecule has 0 amide bonds. The van der Waals surface area contributed by atoms with Crippen LogP contribution in [0.1, 0.15) is 11.1 Å². The van der Waals surface area contributed by atoms with Gasteiger partial charge in [-0.2, -0.15) is 13.2 Å². The molecule has 10 heteroatoms. The molecule has 0 fully saturated rings. The summed E-state index contributed by atoms with van der Waals surface area (Å²) in [5.41, 5.74) is 0.0305. The highest BCUT2D eigenvalue weighted by atomic mass is 35.5. The van der Waals surface area contributed by atoms with Crippen molar-refractivity contribution in [3.8, 4) is 0 Å². The number of halogens is 4. The second-order valence-corrected chi connectivity index (χ2v) is 4.86. The van der Waals surface area contributed by atoms with Crippen molar-refractivity contribution in [2.24, 2.45) is 0 Å². The second kappa shape index (κ2) is 8.11. The van der Waals surface area contributed by atoms with Crippen molar-refractivity contribution in [1.29, 1.82) is 0 Å². The van der Waals surface area contributed by atoms with Gasteiger partial charge in [0.1, 0.15) is 0 Å². The molecule has 6 nitrogen and oxygen atoms in total. The Morgan fingerprint density at radius 3 is 2.43 bits per heavy atom. The molecule has 1 heterocycles. The van der Waals surface area contributed by atoms with E-state index in [1.807, 2.05) is 19.0 Å². The van der Waals surface area contributed by atoms with E-state index in [0.29, 0.717) is 24.6 Å². The van der Waals surface area contributed by atoms with Crippen LogP contribution in [0.2, 0.25) is 0 Å². The Kier molecular flexibility index (Phi) is 6.77. The van der Waals surface area contributed by atoms with E-state index in [4.69, 9.17) is 0 Å². The fourth-order valence-corrected chi connectivity index (χ4v) is 1.93. The summed E-state index contributed by atoms with van der Waals surface area (Å²) in [5, 5.41) is 14.5. The van der Waals surface area contributed by atoms with Gasteiger partial charge in [-0.25, -0.2) is 4.68 Å². The van der Waals surface area contributed by atoms with Crippen LogP contribution in [0.5, 0.6) is 0 Å². The van der Waals surface area contributed by atoms with Crippen molar-refractivity contribution >= 4 is 18.4 Å². The minimum absolute atomic E-state index is 0. The summed E-state index contributed by atoms with van der Waals surface area (Å²) in [4.78, 5) is 1.88. The molecule has 2 aromatic rings. The van der Waals surface area contributed by atoms with E-state index >= 15 is 0 Å². The molecule has 1 N–H and O–H groups in total. The third-order valence-electron chi connectivity index (χ3n) is 3.17. The largest absolute Gasteiger partial charge is 0.416 e. The first-order chi connectivity index (χ1) is 10.4. The van der Waals surface area contributed by atoms with Gasteiger partial charge in [0.25, 0.3) is 0 Å². The van der Waals surface area contributed by atoms with Crippen LogP contribution in [0.15, 0.2) is 24.3 Å². The molecule has 1 aromatic heterocycles. The SMILES string of the molecule is CNCCN(C)c1nnnn1Cc1ccc(C(F)(F)F)cc1.Cl. The van der Waals surface area contributed by atoms with Gasteiger partial charge in [0.15, 0.2) is 0 Å². The lowest BCUT2D eigenvalue weighted by Crippen LogP contribution is -2.29. The van der Waals surface area contributed by atoms with Crippen LogP contribution in [-0.4, -0.2) is 47.4 Å². The van der Waals surface area contributed by atoms with E-state index in [2.05, 4.69) is 20.8 Å². The molecular formula is C13H18ClF3N6. The van der Waals surface area contributed by atoms with Gasteiger partial charge in [0.05, 0.1) is 12.1 Å². The molecule has 0 bridgehead atoms. The molecule has 0 saturated heterocycles. The minimum atomic E-state index is -4.33. The van der Waals surface area contributed by atoms with Crippen LogP contribution >= 0.6 is 12.4 Å². The summed E-state index contributed by atoms with van der Waals surface area (Å²) in [5.74, 6) is 0.565. The first-order valence-electron chi connectivity index (χ1n) is 6.70. The number of benzene rings is 1. The Labute approximate surface area is 138 Å². The van der Waals surface area contributed by atoms with Crippen molar-refractivity contribution in [2.45, 2.75) is 12.7 Å². The topological polar surface area (TPSA) is 58.9 Å². The summed E-state index contributed by atoms with van der Waals surface area (Å²) in [6.45, 7) is 1.79. The highest BCUT2D eigenvalue weighted by Crippen LogP contribution is 2.29. The van der Waals surface area contributed by atoms with Gasteiger partial charge >= 0.3 is 6.18 Å². The van der Waals surface area contributed by atoms with Crippen LogP contribution in [-0.2, 0) is 12.7 Å². The smallest absolute Gasteiger partial charge is 0.341 e. The molecule has 2 rings (SSSR count). The Bertz CT molecular complexity index is 599. The quantitative estimate of drug-likeness (QED) is 0.861. The zero-order chi connectivity index (χ0) is 16.2. The number of tetrazole rings is 1. The third kappa shape index (κ3) is 5.07. The van der Waals surface area contributed by atoms with E-state index in [9.17, 15) is 13.2 Å². The van der Waals surface area contributed by atoms with E-state index in [0.717, 1.165) is 18.7 Å². The van der Waals surface area contributed by atoms with Crippen molar-refractivity contribution in [1.82, 2.24) is 25.5 Å². The number of hydrogen-bond acceptors (Lipinski definition) is 5. The van der Waals surface area contributed by atoms with Crippen LogP contribution in [0.25, 0.3) is 0 Å². The first-order valence-corrected chi connectivity index (χ1v) is 6.70. The van der Waals surface area contributed by atoms with E-state index in [-0.39, 0.29) is 12.4 Å². The number of hydrogen-bond donors (Lipinski definition) is 1. The van der Waals surface area contributed by atoms with Gasteiger partial charge in [-0.15, -0.1) is 12.4 Å². The van der Waals surface area contributed by atoms with Gasteiger partial charge in [-0.05, 0) is 35.2 Å². The van der Waals surface area contributed by atoms with Crippen molar-refractivity contribution in [3.05, 3.63) is 35.4 Å². The Morgan fingerprint density at radius 2 is 1.87 bits per heavy atom. The van der Waals surface area contributed by atoms with Crippen LogP contribution < -0.4 is 10.2 Å². The average Bonchev–Trinajstić information content (AvgIpc) is 2.92. The molecule has 0 radical (unpaired) electrons. The predicted octanol–water partition coefficient (Wildman–Crippen LogP) is 1.82. The Balaban J connectivity index is 0.00000264. The van der Waals surface area contributed by atoms with Gasteiger partial charge in [-0.1, -0.05) is 17.2 Å². The number of aromatic nitrogens is 4. The number of nitrogens with zero attached hydrogens (tertiary/aromatic N) is 5. The Morgan fingerprint density at radius 1 is 1.22 bits per heavy atom. The molecule has 0 aliphatic carbocycles. The molecule has 0 atom stereocenters. The predicted molar refractivity (Wildman–Crippen MR) is 82.8 cm³/mol. The molecule has 0 spiro atoms. The third-order valence-corrected chi connectivity index (χ3v) is 3.17. The maximum Gasteiger partial charge on any atom is 0.416 e. The molecule has 0 aliphatic rings. The minimum Gasteiger partial charge on any atom is -0.341 e. The summed E-state index contributed by atoms with van der Waals surface area (Å²) in [7, 11) is 3.70. The monoisotopic (exact) mass is 350 g/mol. The summed E-state index contributed by atoms with van der Waals surface area (Å²) in [6.07, 6.45) is -4.33. The maximum absolute atomic E-state index is 12.5. The molecule has 1 aromatic carbocycles. The molecule has 128 valence electrons. The van der Waals surface area contributed by atoms with E-state index in [1.54, 1.807) is 4.68 Å². The molecule has 23 heavy (non-hydrogen) atoms. The highest BCUT2D eigenvalue weighted by molar-refractivity contribution is 5.85. The first kappa shape index (κ1) is 19.2. The van der Waals surface area contributed by atoms with Crippen molar-refractivity contribution < 1.29 is 13.2 Å². The number of nitrogens with one attached hydrogen (secondary N) is 1. The molecule has 0 saturated carbocycles. The fraction of sp³-hybridized carbons (Fsp3) is 0.462. The maximum atomic E-state index is 12.5. The molecule has 0 unspecified atom stereocenters. The van der Waals surface area contributed by atoms with Gasteiger partial charge in [0.2, 0.25) is 5.95 Å². The van der Waals surface area contributed by atoms with Gasteiger partial charge in [0, 0.05) is 20.1 Å². The number of rotatable bonds is 6. The lowest BCUT2D eigenvalue weighted by molar-refractivity contribution is -0.137. The number of likely N-dealkylation sites (N-methyl/N-ethyl adjacent to an activating group) is 2. The lowest BCUT2D eigenvalue weighted by Gasteiger charge is -2.17. The van der Waals surface area contributed by atoms with Crippen molar-refractivity contribution in [2.75, 3.05) is 32.1 Å². The van der Waals surface area contributed by atoms with E-state index in [1.165, 1.54) is 12.1 Å². The van der Waals surface area contributed by atoms with Gasteiger partial charge in [-0.3, -0.25) is 0 Å². The van der Waals surface area contributed by atoms with Gasteiger partial charge < -0.3 is 10.2 Å². The molecular weight excluding hydrogens is 333 g/mol. The lowest BCUT2D eigenvalue weighted by atomic mass is 10.1.